The van der Waals surface area contributed by atoms with Crippen LogP contribution in [0.4, 0.5) is 5.13 Å². The minimum Gasteiger partial charge on any atom is -0.507 e. The number of carbonyl (C=O) groups is 2. The Hall–Kier alpha value is -4.67. The molecule has 5 aromatic rings. The van der Waals surface area contributed by atoms with Crippen LogP contribution in [0.1, 0.15) is 43.0 Å². The third-order valence-electron chi connectivity index (χ3n) is 7.36. The highest BCUT2D eigenvalue weighted by molar-refractivity contribution is 8.00. The van der Waals surface area contributed by atoms with Gasteiger partial charge in [0.25, 0.3) is 5.78 Å². The summed E-state index contributed by atoms with van der Waals surface area (Å²) >= 11 is 2.75. The van der Waals surface area contributed by atoms with Gasteiger partial charge >= 0.3 is 5.91 Å². The van der Waals surface area contributed by atoms with E-state index < -0.39 is 17.7 Å². The van der Waals surface area contributed by atoms with Gasteiger partial charge in [-0.05, 0) is 71.6 Å². The number of benzene rings is 4. The van der Waals surface area contributed by atoms with Gasteiger partial charge in [-0.1, -0.05) is 84.6 Å². The molecule has 1 atom stereocenters. The summed E-state index contributed by atoms with van der Waals surface area (Å²) in [6.45, 7) is 4.91. The predicted octanol–water partition coefficient (Wildman–Crippen LogP) is 7.80. The van der Waals surface area contributed by atoms with Crippen LogP contribution in [0.15, 0.2) is 101 Å². The zero-order chi connectivity index (χ0) is 31.3. The number of aliphatic hydroxyl groups excluding tert-OH is 1. The number of nitrogens with zero attached hydrogens (tertiary/aromatic N) is 3. The van der Waals surface area contributed by atoms with Gasteiger partial charge in [-0.25, -0.2) is 0 Å². The normalized spacial score (nSPS) is 16.0. The smallest absolute Gasteiger partial charge is 0.301 e. The number of fused-ring (bicyclic) bond motifs is 1. The summed E-state index contributed by atoms with van der Waals surface area (Å²) in [4.78, 5) is 28.6. The molecule has 0 radical (unpaired) electrons. The van der Waals surface area contributed by atoms with Gasteiger partial charge in [-0.15, -0.1) is 10.2 Å². The average Bonchev–Trinajstić information content (AvgIpc) is 3.64. The second kappa shape index (κ2) is 13.5. The molecule has 10 heteroatoms. The summed E-state index contributed by atoms with van der Waals surface area (Å²) < 4.78 is 12.1. The molecule has 0 saturated carbocycles. The second-order valence-electron chi connectivity index (χ2n) is 10.3. The molecule has 45 heavy (non-hydrogen) atoms. The molecule has 8 nitrogen and oxygen atoms in total. The van der Waals surface area contributed by atoms with E-state index in [2.05, 4.69) is 34.5 Å². The van der Waals surface area contributed by atoms with Gasteiger partial charge in [0, 0.05) is 11.3 Å². The maximum absolute atomic E-state index is 13.7. The van der Waals surface area contributed by atoms with E-state index >= 15 is 0 Å². The molecule has 1 saturated heterocycles. The van der Waals surface area contributed by atoms with E-state index in [4.69, 9.17) is 9.47 Å². The molecule has 2 heterocycles. The number of Topliss-reactive ketones (excluding diaryl/α,β-unsaturated/α-hetero) is 1. The third kappa shape index (κ3) is 6.29. The van der Waals surface area contributed by atoms with E-state index in [1.54, 1.807) is 48.5 Å². The van der Waals surface area contributed by atoms with Crippen LogP contribution >= 0.6 is 23.1 Å². The molecule has 228 valence electrons. The van der Waals surface area contributed by atoms with Crippen molar-refractivity contribution in [3.63, 3.8) is 0 Å². The Labute approximate surface area is 269 Å². The van der Waals surface area contributed by atoms with Gasteiger partial charge in [-0.2, -0.15) is 0 Å². The number of rotatable bonds is 11. The monoisotopic (exact) mass is 637 g/mol. The van der Waals surface area contributed by atoms with Crippen LogP contribution in [0.5, 0.6) is 11.5 Å². The zero-order valence-electron chi connectivity index (χ0n) is 24.8. The molecule has 1 aromatic heterocycles. The van der Waals surface area contributed by atoms with Crippen molar-refractivity contribution >= 4 is 56.5 Å². The predicted molar refractivity (Wildman–Crippen MR) is 178 cm³/mol. The summed E-state index contributed by atoms with van der Waals surface area (Å²) in [7, 11) is 0. The van der Waals surface area contributed by atoms with Crippen LogP contribution in [0.2, 0.25) is 0 Å². The van der Waals surface area contributed by atoms with Crippen molar-refractivity contribution in [3.8, 4) is 11.5 Å². The van der Waals surface area contributed by atoms with E-state index in [1.807, 2.05) is 32.0 Å². The SMILES string of the molecule is CCCOc1ccc(C(O)=C2C(=O)C(=O)N(c3nnc(SCc4cccc5ccccc45)s3)C2c2cccc(OCC)c2)cc1. The number of aromatic nitrogens is 2. The van der Waals surface area contributed by atoms with Crippen LogP contribution in [0.3, 0.4) is 0 Å². The lowest BCUT2D eigenvalue weighted by atomic mass is 9.95. The first-order chi connectivity index (χ1) is 22.0. The number of amides is 1. The number of hydrogen-bond acceptors (Lipinski definition) is 9. The second-order valence-corrected chi connectivity index (χ2v) is 12.5. The molecule has 1 aliphatic heterocycles. The number of carbonyl (C=O) groups excluding carboxylic acids is 2. The Balaban J connectivity index is 1.36. The van der Waals surface area contributed by atoms with Gasteiger partial charge < -0.3 is 14.6 Å². The highest BCUT2D eigenvalue weighted by atomic mass is 32.2. The van der Waals surface area contributed by atoms with Crippen LogP contribution in [0, 0.1) is 0 Å². The molecule has 6 rings (SSSR count). The number of ketones is 1. The Bertz CT molecular complexity index is 1880. The minimum atomic E-state index is -0.940. The Morgan fingerprint density at radius 3 is 2.49 bits per heavy atom. The van der Waals surface area contributed by atoms with Crippen molar-refractivity contribution in [3.05, 3.63) is 113 Å². The van der Waals surface area contributed by atoms with Gasteiger partial charge in [0.15, 0.2) is 4.34 Å². The molecule has 1 unspecified atom stereocenters. The highest BCUT2D eigenvalue weighted by Crippen LogP contribution is 2.45. The maximum Gasteiger partial charge on any atom is 0.301 e. The summed E-state index contributed by atoms with van der Waals surface area (Å²) in [6, 6.07) is 27.5. The van der Waals surface area contributed by atoms with E-state index in [-0.39, 0.29) is 16.5 Å². The van der Waals surface area contributed by atoms with Crippen molar-refractivity contribution < 1.29 is 24.2 Å². The van der Waals surface area contributed by atoms with E-state index in [1.165, 1.54) is 33.4 Å². The van der Waals surface area contributed by atoms with Crippen molar-refractivity contribution in [1.29, 1.82) is 0 Å². The molecular weight excluding hydrogens is 607 g/mol. The lowest BCUT2D eigenvalue weighted by molar-refractivity contribution is -0.132. The van der Waals surface area contributed by atoms with Gasteiger partial charge in [0.2, 0.25) is 5.13 Å². The molecule has 0 spiro atoms. The van der Waals surface area contributed by atoms with Crippen molar-refractivity contribution in [2.24, 2.45) is 0 Å². The molecular formula is C35H31N3O5S2. The first kappa shape index (κ1) is 30.4. The topological polar surface area (TPSA) is 102 Å². The number of hydrogen-bond donors (Lipinski definition) is 1. The fourth-order valence-corrected chi connectivity index (χ4v) is 7.16. The quantitative estimate of drug-likeness (QED) is 0.0515. The Kier molecular flexibility index (Phi) is 9.13. The van der Waals surface area contributed by atoms with Crippen LogP contribution < -0.4 is 14.4 Å². The number of thioether (sulfide) groups is 1. The number of aliphatic hydroxyl groups is 1. The minimum absolute atomic E-state index is 0.0315. The van der Waals surface area contributed by atoms with Crippen LogP contribution in [0.25, 0.3) is 16.5 Å². The van der Waals surface area contributed by atoms with Crippen molar-refractivity contribution in [2.45, 2.75) is 36.4 Å². The molecule has 4 aromatic carbocycles. The molecule has 1 fully saturated rings. The lowest BCUT2D eigenvalue weighted by Crippen LogP contribution is -2.29. The first-order valence-corrected chi connectivity index (χ1v) is 16.5. The van der Waals surface area contributed by atoms with Crippen LogP contribution in [-0.4, -0.2) is 40.2 Å². The summed E-state index contributed by atoms with van der Waals surface area (Å²) in [5.41, 5.74) is 2.13. The van der Waals surface area contributed by atoms with Crippen molar-refractivity contribution in [2.75, 3.05) is 18.1 Å². The standard InChI is InChI=1S/C35H31N3O5S2/c1-3-19-43-26-17-15-23(16-18-26)31(39)29-30(24-11-8-13-27(20-24)42-4-2)38(33(41)32(29)40)34-36-37-35(45-34)44-21-25-12-7-10-22-9-5-6-14-28(22)25/h5-18,20,30,39H,3-4,19,21H2,1-2H3. The van der Waals surface area contributed by atoms with Gasteiger partial charge in [0.1, 0.15) is 17.3 Å². The summed E-state index contributed by atoms with van der Waals surface area (Å²) in [5, 5.41) is 22.8. The average molecular weight is 638 g/mol. The number of anilines is 1. The van der Waals surface area contributed by atoms with Gasteiger partial charge in [0.05, 0.1) is 24.8 Å². The fraction of sp³-hybridized carbons (Fsp3) is 0.200. The fourth-order valence-electron chi connectivity index (χ4n) is 5.29. The first-order valence-electron chi connectivity index (χ1n) is 14.7. The number of ether oxygens (including phenoxy) is 2. The van der Waals surface area contributed by atoms with E-state index in [0.717, 1.165) is 17.4 Å². The Morgan fingerprint density at radius 2 is 1.69 bits per heavy atom. The van der Waals surface area contributed by atoms with E-state index in [0.29, 0.717) is 45.9 Å². The summed E-state index contributed by atoms with van der Waals surface area (Å²) in [5.74, 6) is 0.0319. The van der Waals surface area contributed by atoms with Crippen LogP contribution in [-0.2, 0) is 15.3 Å². The molecule has 1 N–H and O–H groups in total. The third-order valence-corrected chi connectivity index (χ3v) is 9.47. The van der Waals surface area contributed by atoms with Gasteiger partial charge in [-0.3, -0.25) is 14.5 Å². The summed E-state index contributed by atoms with van der Waals surface area (Å²) in [6.07, 6.45) is 0.862. The molecule has 0 bridgehead atoms. The highest BCUT2D eigenvalue weighted by Gasteiger charge is 2.48. The molecule has 0 aliphatic carbocycles. The maximum atomic E-state index is 13.7. The Morgan fingerprint density at radius 1 is 0.911 bits per heavy atom. The lowest BCUT2D eigenvalue weighted by Gasteiger charge is -2.23. The molecule has 1 amide bonds. The largest absolute Gasteiger partial charge is 0.507 e. The van der Waals surface area contributed by atoms with Crippen molar-refractivity contribution in [1.82, 2.24) is 10.2 Å². The zero-order valence-corrected chi connectivity index (χ0v) is 26.4. The van der Waals surface area contributed by atoms with E-state index in [9.17, 15) is 14.7 Å². The molecule has 1 aliphatic rings.